The molecule has 0 bridgehead atoms. The van der Waals surface area contributed by atoms with E-state index < -0.39 is 0 Å². The zero-order valence-corrected chi connectivity index (χ0v) is 10.8. The third kappa shape index (κ3) is 3.16. The summed E-state index contributed by atoms with van der Waals surface area (Å²) in [5.74, 6) is 5.25. The maximum atomic E-state index is 11.7. The van der Waals surface area contributed by atoms with Crippen LogP contribution in [0, 0.1) is 0 Å². The minimum absolute atomic E-state index is 0.233. The second-order valence-corrected chi connectivity index (χ2v) is 5.12. The number of hydrogen-bond donors (Lipinski definition) is 3. The third-order valence-corrected chi connectivity index (χ3v) is 3.32. The minimum Gasteiger partial charge on any atom is -0.346 e. The molecule has 0 aliphatic carbocycles. The molecule has 8 heteroatoms. The number of halogens is 1. The van der Waals surface area contributed by atoms with Gasteiger partial charge in [0.25, 0.3) is 5.91 Å². The van der Waals surface area contributed by atoms with Crippen LogP contribution in [0.3, 0.4) is 0 Å². The number of rotatable bonds is 4. The molecule has 0 aromatic carbocycles. The maximum absolute atomic E-state index is 11.7. The SMILES string of the molecule is NNc1cnc(C(=O)NCc2ccc(Cl)s2)cn1. The monoisotopic (exact) mass is 283 g/mol. The summed E-state index contributed by atoms with van der Waals surface area (Å²) in [6, 6.07) is 3.65. The third-order valence-electron chi connectivity index (χ3n) is 2.08. The van der Waals surface area contributed by atoms with E-state index in [-0.39, 0.29) is 11.6 Å². The van der Waals surface area contributed by atoms with E-state index in [2.05, 4.69) is 20.7 Å². The first kappa shape index (κ1) is 12.7. The highest BCUT2D eigenvalue weighted by Gasteiger charge is 2.08. The average molecular weight is 284 g/mol. The second kappa shape index (κ2) is 5.76. The summed E-state index contributed by atoms with van der Waals surface area (Å²) in [6.07, 6.45) is 2.74. The lowest BCUT2D eigenvalue weighted by Gasteiger charge is -2.03. The topological polar surface area (TPSA) is 92.9 Å². The predicted octanol–water partition coefficient (Wildman–Crippen LogP) is 1.41. The molecular weight excluding hydrogens is 274 g/mol. The van der Waals surface area contributed by atoms with Gasteiger partial charge in [0.05, 0.1) is 23.3 Å². The highest BCUT2D eigenvalue weighted by atomic mass is 35.5. The van der Waals surface area contributed by atoms with Gasteiger partial charge in [0.2, 0.25) is 0 Å². The number of nitrogen functional groups attached to an aromatic ring is 1. The Balaban J connectivity index is 1.94. The Morgan fingerprint density at radius 1 is 1.39 bits per heavy atom. The summed E-state index contributed by atoms with van der Waals surface area (Å²) in [7, 11) is 0. The molecular formula is C10H10ClN5OS. The fraction of sp³-hybridized carbons (Fsp3) is 0.100. The van der Waals surface area contributed by atoms with Crippen molar-refractivity contribution < 1.29 is 4.79 Å². The quantitative estimate of drug-likeness (QED) is 0.583. The van der Waals surface area contributed by atoms with Crippen LogP contribution in [0.2, 0.25) is 4.34 Å². The van der Waals surface area contributed by atoms with Crippen LogP contribution < -0.4 is 16.6 Å². The fourth-order valence-corrected chi connectivity index (χ4v) is 2.25. The number of anilines is 1. The van der Waals surface area contributed by atoms with E-state index >= 15 is 0 Å². The van der Waals surface area contributed by atoms with Gasteiger partial charge in [-0.2, -0.15) is 0 Å². The summed E-state index contributed by atoms with van der Waals surface area (Å²) in [5.41, 5.74) is 2.57. The van der Waals surface area contributed by atoms with Crippen LogP contribution in [0.25, 0.3) is 0 Å². The molecule has 2 aromatic rings. The Labute approximate surface area is 112 Å². The first-order valence-corrected chi connectivity index (χ1v) is 6.19. The number of hydrazine groups is 1. The molecule has 2 rings (SSSR count). The van der Waals surface area contributed by atoms with Crippen LogP contribution in [0.4, 0.5) is 5.82 Å². The fourth-order valence-electron chi connectivity index (χ4n) is 1.22. The van der Waals surface area contributed by atoms with E-state index in [9.17, 15) is 4.79 Å². The van der Waals surface area contributed by atoms with Gasteiger partial charge in [-0.15, -0.1) is 11.3 Å². The van der Waals surface area contributed by atoms with E-state index in [1.165, 1.54) is 23.7 Å². The molecule has 18 heavy (non-hydrogen) atoms. The van der Waals surface area contributed by atoms with Crippen molar-refractivity contribution in [1.82, 2.24) is 15.3 Å². The Bertz CT molecular complexity index is 541. The lowest BCUT2D eigenvalue weighted by atomic mass is 10.4. The van der Waals surface area contributed by atoms with Crippen molar-refractivity contribution >= 4 is 34.7 Å². The second-order valence-electron chi connectivity index (χ2n) is 3.32. The molecule has 6 nitrogen and oxygen atoms in total. The number of amides is 1. The molecule has 0 aliphatic heterocycles. The van der Waals surface area contributed by atoms with E-state index in [0.717, 1.165) is 4.88 Å². The van der Waals surface area contributed by atoms with E-state index in [4.69, 9.17) is 17.4 Å². The molecule has 0 spiro atoms. The van der Waals surface area contributed by atoms with Crippen molar-refractivity contribution in [3.63, 3.8) is 0 Å². The lowest BCUT2D eigenvalue weighted by Crippen LogP contribution is -2.23. The molecule has 0 saturated carbocycles. The van der Waals surface area contributed by atoms with Crippen LogP contribution in [0.1, 0.15) is 15.4 Å². The van der Waals surface area contributed by atoms with Crippen LogP contribution >= 0.6 is 22.9 Å². The van der Waals surface area contributed by atoms with Gasteiger partial charge in [-0.1, -0.05) is 11.6 Å². The normalized spacial score (nSPS) is 10.1. The largest absolute Gasteiger partial charge is 0.346 e. The number of carbonyl (C=O) groups is 1. The molecule has 1 amide bonds. The van der Waals surface area contributed by atoms with Crippen LogP contribution in [0.15, 0.2) is 24.5 Å². The molecule has 4 N–H and O–H groups in total. The highest BCUT2D eigenvalue weighted by Crippen LogP contribution is 2.21. The Hall–Kier alpha value is -1.70. The Morgan fingerprint density at radius 3 is 2.78 bits per heavy atom. The summed E-state index contributed by atoms with van der Waals surface area (Å²) >= 11 is 7.21. The standard InChI is InChI=1S/C10H10ClN5OS/c11-8-2-1-6(18-8)3-15-10(17)7-4-14-9(16-12)5-13-7/h1-2,4-5H,3,12H2,(H,14,16)(H,15,17). The number of aromatic nitrogens is 2. The van der Waals surface area contributed by atoms with Gasteiger partial charge >= 0.3 is 0 Å². The van der Waals surface area contributed by atoms with Gasteiger partial charge in [0.1, 0.15) is 5.69 Å². The molecule has 0 saturated heterocycles. The first-order chi connectivity index (χ1) is 8.69. The number of hydrogen-bond acceptors (Lipinski definition) is 6. The van der Waals surface area contributed by atoms with Gasteiger partial charge in [-0.25, -0.2) is 15.8 Å². The van der Waals surface area contributed by atoms with Gasteiger partial charge in [-0.3, -0.25) is 4.79 Å². The average Bonchev–Trinajstić information content (AvgIpc) is 2.82. The van der Waals surface area contributed by atoms with Gasteiger partial charge < -0.3 is 10.7 Å². The van der Waals surface area contributed by atoms with E-state index in [1.54, 1.807) is 6.07 Å². The van der Waals surface area contributed by atoms with Gasteiger partial charge in [0.15, 0.2) is 5.82 Å². The molecule has 0 aliphatic rings. The summed E-state index contributed by atoms with van der Waals surface area (Å²) in [4.78, 5) is 20.5. The van der Waals surface area contributed by atoms with Crippen molar-refractivity contribution in [2.45, 2.75) is 6.54 Å². The van der Waals surface area contributed by atoms with Crippen molar-refractivity contribution in [2.24, 2.45) is 5.84 Å². The van der Waals surface area contributed by atoms with Crippen molar-refractivity contribution in [3.05, 3.63) is 39.4 Å². The summed E-state index contributed by atoms with van der Waals surface area (Å²) in [6.45, 7) is 0.411. The van der Waals surface area contributed by atoms with E-state index in [1.807, 2.05) is 6.07 Å². The molecule has 2 aromatic heterocycles. The van der Waals surface area contributed by atoms with Crippen LogP contribution in [-0.4, -0.2) is 15.9 Å². The van der Waals surface area contributed by atoms with E-state index in [0.29, 0.717) is 16.7 Å². The highest BCUT2D eigenvalue weighted by molar-refractivity contribution is 7.16. The Morgan fingerprint density at radius 2 is 2.22 bits per heavy atom. The Kier molecular flexibility index (Phi) is 4.08. The predicted molar refractivity (Wildman–Crippen MR) is 70.3 cm³/mol. The molecule has 0 radical (unpaired) electrons. The number of nitrogens with zero attached hydrogens (tertiary/aromatic N) is 2. The number of thiophene rings is 1. The van der Waals surface area contributed by atoms with Gasteiger partial charge in [0, 0.05) is 4.88 Å². The molecule has 0 fully saturated rings. The van der Waals surface area contributed by atoms with Crippen molar-refractivity contribution in [3.8, 4) is 0 Å². The summed E-state index contributed by atoms with van der Waals surface area (Å²) in [5, 5.41) is 2.72. The molecule has 0 unspecified atom stereocenters. The molecule has 94 valence electrons. The van der Waals surface area contributed by atoms with Crippen molar-refractivity contribution in [1.29, 1.82) is 0 Å². The van der Waals surface area contributed by atoms with Crippen LogP contribution in [0.5, 0.6) is 0 Å². The number of nitrogens with two attached hydrogens (primary N) is 1. The number of carbonyl (C=O) groups excluding carboxylic acids is 1. The lowest BCUT2D eigenvalue weighted by molar-refractivity contribution is 0.0946. The van der Waals surface area contributed by atoms with Gasteiger partial charge in [-0.05, 0) is 12.1 Å². The number of nitrogens with one attached hydrogen (secondary N) is 2. The smallest absolute Gasteiger partial charge is 0.271 e. The van der Waals surface area contributed by atoms with Crippen molar-refractivity contribution in [2.75, 3.05) is 5.43 Å². The molecule has 2 heterocycles. The zero-order chi connectivity index (χ0) is 13.0. The molecule has 0 atom stereocenters. The maximum Gasteiger partial charge on any atom is 0.271 e. The summed E-state index contributed by atoms with van der Waals surface area (Å²) < 4.78 is 0.692. The zero-order valence-electron chi connectivity index (χ0n) is 9.18. The van der Waals surface area contributed by atoms with Crippen LogP contribution in [-0.2, 0) is 6.54 Å². The minimum atomic E-state index is -0.296. The first-order valence-electron chi connectivity index (χ1n) is 5.00.